The molecule has 2 aliphatic rings. The van der Waals surface area contributed by atoms with E-state index in [4.69, 9.17) is 0 Å². The first-order valence-corrected chi connectivity index (χ1v) is 17.5. The molecular weight excluding hydrogens is 619 g/mol. The average Bonchev–Trinajstić information content (AvgIpc) is 3.53. The molecule has 3 nitrogen and oxygen atoms in total. The fourth-order valence-electron chi connectivity index (χ4n) is 8.24. The highest BCUT2D eigenvalue weighted by atomic mass is 15.2. The molecule has 0 radical (unpaired) electrons. The van der Waals surface area contributed by atoms with E-state index in [-0.39, 0.29) is 0 Å². The zero-order valence-corrected chi connectivity index (χ0v) is 27.9. The van der Waals surface area contributed by atoms with Crippen LogP contribution in [0.25, 0.3) is 77.2 Å². The first-order chi connectivity index (χ1) is 25.3. The van der Waals surface area contributed by atoms with Crippen LogP contribution in [-0.2, 0) is 0 Å². The predicted molar refractivity (Wildman–Crippen MR) is 214 cm³/mol. The SMILES string of the molecule is C1=CNCC(N(c2cccnc2)c2cccc(-c3ccc4c5c(cccc35)-c3c-4c(-c4ccccc4)c4ccccc4c3-c3ccccc3)c2)=C1. The van der Waals surface area contributed by atoms with E-state index in [1.54, 1.807) is 0 Å². The van der Waals surface area contributed by atoms with Gasteiger partial charge >= 0.3 is 0 Å². The van der Waals surface area contributed by atoms with Gasteiger partial charge in [-0.05, 0) is 120 Å². The Kier molecular flexibility index (Phi) is 6.88. The Hall–Kier alpha value is -6.71. The van der Waals surface area contributed by atoms with Crippen molar-refractivity contribution in [2.75, 3.05) is 11.4 Å². The number of pyridine rings is 1. The Morgan fingerprint density at radius 2 is 1.10 bits per heavy atom. The van der Waals surface area contributed by atoms with Crippen LogP contribution in [0.3, 0.4) is 0 Å². The van der Waals surface area contributed by atoms with E-state index in [0.717, 1.165) is 23.6 Å². The molecule has 10 rings (SSSR count). The standard InChI is InChI=1S/C48H33N3/c1-3-13-32(14-4-1)44-40-21-7-8-22-41(40)45(33-15-5-2-6-16-33)48-43-26-25-38(39-23-10-24-42(46(39)43)47(44)48)34-17-9-18-35(29-34)51(36-19-11-27-49-30-36)37-20-12-28-50-31-37/h1-30,50H,31H2. The molecule has 1 N–H and O–H groups in total. The van der Waals surface area contributed by atoms with Crippen LogP contribution in [0.5, 0.6) is 0 Å². The highest BCUT2D eigenvalue weighted by molar-refractivity contribution is 6.28. The second kappa shape index (κ2) is 12.0. The molecule has 0 bridgehead atoms. The molecule has 0 amide bonds. The third-order valence-electron chi connectivity index (χ3n) is 10.3. The zero-order chi connectivity index (χ0) is 33.7. The summed E-state index contributed by atoms with van der Waals surface area (Å²) in [6.07, 6.45) is 9.97. The average molecular weight is 652 g/mol. The van der Waals surface area contributed by atoms with Gasteiger partial charge in [0.2, 0.25) is 0 Å². The molecule has 1 aliphatic carbocycles. The number of benzene rings is 7. The number of fused-ring (bicyclic) bond motifs is 4. The van der Waals surface area contributed by atoms with Gasteiger partial charge < -0.3 is 10.2 Å². The molecule has 8 aromatic rings. The Labute approximate surface area is 297 Å². The zero-order valence-electron chi connectivity index (χ0n) is 27.9. The van der Waals surface area contributed by atoms with Crippen LogP contribution in [0.4, 0.5) is 11.4 Å². The number of anilines is 2. The lowest BCUT2D eigenvalue weighted by Gasteiger charge is -2.29. The van der Waals surface area contributed by atoms with Crippen molar-refractivity contribution >= 4 is 32.9 Å². The summed E-state index contributed by atoms with van der Waals surface area (Å²) in [6, 6.07) is 55.4. The summed E-state index contributed by atoms with van der Waals surface area (Å²) in [4.78, 5) is 6.76. The molecule has 1 aliphatic heterocycles. The number of aromatic nitrogens is 1. The van der Waals surface area contributed by atoms with Crippen molar-refractivity contribution in [3.8, 4) is 55.6 Å². The number of nitrogens with one attached hydrogen (secondary N) is 1. The minimum Gasteiger partial charge on any atom is -0.385 e. The van der Waals surface area contributed by atoms with Crippen LogP contribution in [0.15, 0.2) is 188 Å². The summed E-state index contributed by atoms with van der Waals surface area (Å²) in [5.41, 5.74) is 16.0. The lowest BCUT2D eigenvalue weighted by molar-refractivity contribution is 0.889. The number of dihydropyridines is 1. The maximum atomic E-state index is 4.46. The van der Waals surface area contributed by atoms with Gasteiger partial charge in [-0.15, -0.1) is 0 Å². The van der Waals surface area contributed by atoms with Gasteiger partial charge in [0.05, 0.1) is 18.4 Å². The fourth-order valence-corrected chi connectivity index (χ4v) is 8.24. The third-order valence-corrected chi connectivity index (χ3v) is 10.3. The van der Waals surface area contributed by atoms with E-state index in [1.807, 2.05) is 24.7 Å². The smallest absolute Gasteiger partial charge is 0.0642 e. The van der Waals surface area contributed by atoms with Crippen molar-refractivity contribution in [2.24, 2.45) is 0 Å². The summed E-state index contributed by atoms with van der Waals surface area (Å²) in [7, 11) is 0. The molecular formula is C48H33N3. The van der Waals surface area contributed by atoms with Crippen molar-refractivity contribution in [3.63, 3.8) is 0 Å². The highest BCUT2D eigenvalue weighted by Crippen LogP contribution is 2.58. The molecule has 0 fully saturated rings. The number of nitrogens with zero attached hydrogens (tertiary/aromatic N) is 2. The molecule has 3 heteroatoms. The molecule has 0 spiro atoms. The molecule has 1 aromatic heterocycles. The van der Waals surface area contributed by atoms with Crippen molar-refractivity contribution in [1.82, 2.24) is 10.3 Å². The number of hydrogen-bond donors (Lipinski definition) is 1. The minimum atomic E-state index is 0.733. The largest absolute Gasteiger partial charge is 0.385 e. The summed E-state index contributed by atoms with van der Waals surface area (Å²) in [6.45, 7) is 0.733. The number of rotatable bonds is 6. The van der Waals surface area contributed by atoms with Crippen molar-refractivity contribution < 1.29 is 0 Å². The van der Waals surface area contributed by atoms with Gasteiger partial charge in [-0.3, -0.25) is 4.98 Å². The maximum absolute atomic E-state index is 4.46. The van der Waals surface area contributed by atoms with Crippen molar-refractivity contribution in [2.45, 2.75) is 0 Å². The lowest BCUT2D eigenvalue weighted by Crippen LogP contribution is -2.26. The van der Waals surface area contributed by atoms with Gasteiger partial charge in [0.15, 0.2) is 0 Å². The molecule has 0 unspecified atom stereocenters. The monoisotopic (exact) mass is 651 g/mol. The Morgan fingerprint density at radius 1 is 0.490 bits per heavy atom. The van der Waals surface area contributed by atoms with Crippen LogP contribution >= 0.6 is 0 Å². The van der Waals surface area contributed by atoms with Crippen LogP contribution in [0.2, 0.25) is 0 Å². The summed E-state index contributed by atoms with van der Waals surface area (Å²) < 4.78 is 0. The molecule has 0 saturated carbocycles. The maximum Gasteiger partial charge on any atom is 0.0642 e. The number of hydrogen-bond acceptors (Lipinski definition) is 3. The van der Waals surface area contributed by atoms with E-state index in [9.17, 15) is 0 Å². The molecule has 0 atom stereocenters. The summed E-state index contributed by atoms with van der Waals surface area (Å²) in [5.74, 6) is 0. The van der Waals surface area contributed by atoms with E-state index in [1.165, 1.54) is 77.2 Å². The van der Waals surface area contributed by atoms with Gasteiger partial charge in [0.25, 0.3) is 0 Å². The van der Waals surface area contributed by atoms with Crippen molar-refractivity contribution in [3.05, 3.63) is 188 Å². The second-order valence-corrected chi connectivity index (χ2v) is 13.2. The third kappa shape index (κ3) is 4.70. The first kappa shape index (κ1) is 29.2. The lowest BCUT2D eigenvalue weighted by atomic mass is 9.82. The Morgan fingerprint density at radius 3 is 1.76 bits per heavy atom. The minimum absolute atomic E-state index is 0.733. The summed E-state index contributed by atoms with van der Waals surface area (Å²) >= 11 is 0. The van der Waals surface area contributed by atoms with Gasteiger partial charge in [0, 0.05) is 17.6 Å². The molecule has 51 heavy (non-hydrogen) atoms. The fraction of sp³-hybridized carbons (Fsp3) is 0.0208. The quantitative estimate of drug-likeness (QED) is 0.194. The first-order valence-electron chi connectivity index (χ1n) is 17.5. The van der Waals surface area contributed by atoms with E-state index in [0.29, 0.717) is 0 Å². The van der Waals surface area contributed by atoms with E-state index in [2.05, 4.69) is 173 Å². The predicted octanol–water partition coefficient (Wildman–Crippen LogP) is 12.2. The van der Waals surface area contributed by atoms with Crippen LogP contribution in [0, 0.1) is 0 Å². The van der Waals surface area contributed by atoms with Gasteiger partial charge in [0.1, 0.15) is 0 Å². The molecule has 2 heterocycles. The van der Waals surface area contributed by atoms with Crippen LogP contribution < -0.4 is 10.2 Å². The Balaban J connectivity index is 1.23. The van der Waals surface area contributed by atoms with E-state index < -0.39 is 0 Å². The Bertz CT molecular complexity index is 2580. The van der Waals surface area contributed by atoms with Crippen LogP contribution in [0.1, 0.15) is 0 Å². The topological polar surface area (TPSA) is 28.2 Å². The normalized spacial score (nSPS) is 12.8. The van der Waals surface area contributed by atoms with E-state index >= 15 is 0 Å². The molecule has 0 saturated heterocycles. The van der Waals surface area contributed by atoms with Gasteiger partial charge in [-0.2, -0.15) is 0 Å². The summed E-state index contributed by atoms with van der Waals surface area (Å²) in [5, 5.41) is 8.51. The second-order valence-electron chi connectivity index (χ2n) is 13.2. The van der Waals surface area contributed by atoms with Gasteiger partial charge in [-0.25, -0.2) is 0 Å². The highest BCUT2D eigenvalue weighted by Gasteiger charge is 2.31. The number of allylic oxidation sites excluding steroid dienone is 2. The van der Waals surface area contributed by atoms with Gasteiger partial charge in [-0.1, -0.05) is 127 Å². The molecule has 7 aromatic carbocycles. The van der Waals surface area contributed by atoms with Crippen molar-refractivity contribution in [1.29, 1.82) is 0 Å². The van der Waals surface area contributed by atoms with Crippen LogP contribution in [-0.4, -0.2) is 11.5 Å². The molecule has 240 valence electrons.